The number of ether oxygens (including phenoxy) is 4. The normalized spacial score (nSPS) is 12.8. The summed E-state index contributed by atoms with van der Waals surface area (Å²) in [4.78, 5) is 4.74. The van der Waals surface area contributed by atoms with Crippen LogP contribution in [0.4, 0.5) is 5.69 Å². The van der Waals surface area contributed by atoms with E-state index < -0.39 is 10.0 Å². The van der Waals surface area contributed by atoms with Crippen LogP contribution in [0.25, 0.3) is 22.2 Å². The molecule has 9 heteroatoms. The predicted molar refractivity (Wildman–Crippen MR) is 110 cm³/mol. The number of aromatic nitrogens is 1. The number of hydrogen-bond donors (Lipinski definition) is 1. The molecule has 1 N–H and O–H groups in total. The Morgan fingerprint density at radius 1 is 1.07 bits per heavy atom. The van der Waals surface area contributed by atoms with Crippen molar-refractivity contribution < 1.29 is 27.4 Å². The van der Waals surface area contributed by atoms with Gasteiger partial charge in [0.15, 0.2) is 11.5 Å². The maximum absolute atomic E-state index is 11.8. The van der Waals surface area contributed by atoms with E-state index in [9.17, 15) is 8.42 Å². The van der Waals surface area contributed by atoms with Gasteiger partial charge in [-0.05, 0) is 42.8 Å². The van der Waals surface area contributed by atoms with Crippen LogP contribution in [-0.4, -0.2) is 40.7 Å². The summed E-state index contributed by atoms with van der Waals surface area (Å²) in [5.41, 5.74) is 3.14. The minimum absolute atomic E-state index is 0.124. The van der Waals surface area contributed by atoms with Crippen LogP contribution in [0.1, 0.15) is 5.56 Å². The smallest absolute Gasteiger partial charge is 0.231 e. The van der Waals surface area contributed by atoms with Gasteiger partial charge in [-0.1, -0.05) is 0 Å². The average Bonchev–Trinajstić information content (AvgIpc) is 3.15. The highest BCUT2D eigenvalue weighted by molar-refractivity contribution is 7.92. The maximum Gasteiger partial charge on any atom is 0.231 e. The molecule has 0 bridgehead atoms. The summed E-state index contributed by atoms with van der Waals surface area (Å²) in [5, 5.41) is 0.734. The third-order valence-corrected chi connectivity index (χ3v) is 5.18. The van der Waals surface area contributed by atoms with Crippen LogP contribution in [0.15, 0.2) is 30.3 Å². The quantitative estimate of drug-likeness (QED) is 0.681. The van der Waals surface area contributed by atoms with Gasteiger partial charge in [-0.25, -0.2) is 13.4 Å². The second-order valence-corrected chi connectivity index (χ2v) is 8.40. The third-order valence-electron chi connectivity index (χ3n) is 4.59. The number of sulfonamides is 1. The second-order valence-electron chi connectivity index (χ2n) is 6.65. The molecule has 0 fully saturated rings. The van der Waals surface area contributed by atoms with Crippen molar-refractivity contribution >= 4 is 26.6 Å². The van der Waals surface area contributed by atoms with Crippen molar-refractivity contribution in [2.24, 2.45) is 0 Å². The highest BCUT2D eigenvalue weighted by atomic mass is 32.2. The minimum Gasteiger partial charge on any atom is -0.496 e. The van der Waals surface area contributed by atoms with Gasteiger partial charge in [-0.3, -0.25) is 4.72 Å². The van der Waals surface area contributed by atoms with Crippen LogP contribution in [0.5, 0.6) is 23.0 Å². The second kappa shape index (κ2) is 7.00. The van der Waals surface area contributed by atoms with Gasteiger partial charge in [0.2, 0.25) is 22.6 Å². The zero-order valence-corrected chi connectivity index (χ0v) is 17.2. The van der Waals surface area contributed by atoms with Gasteiger partial charge in [-0.15, -0.1) is 0 Å². The van der Waals surface area contributed by atoms with E-state index in [0.717, 1.165) is 22.8 Å². The fraction of sp³-hybridized carbons (Fsp3) is 0.250. The van der Waals surface area contributed by atoms with Crippen LogP contribution >= 0.6 is 0 Å². The lowest BCUT2D eigenvalue weighted by atomic mass is 10.0. The first-order chi connectivity index (χ1) is 13.8. The molecule has 1 aliphatic rings. The van der Waals surface area contributed by atoms with E-state index in [2.05, 4.69) is 4.72 Å². The summed E-state index contributed by atoms with van der Waals surface area (Å²) in [7, 11) is -0.366. The Bertz CT molecular complexity index is 1220. The number of methoxy groups -OCH3 is 2. The summed E-state index contributed by atoms with van der Waals surface area (Å²) in [6.45, 7) is 2.05. The molecule has 2 aromatic carbocycles. The molecular weight excluding hydrogens is 396 g/mol. The minimum atomic E-state index is -3.48. The molecule has 0 amide bonds. The molecule has 0 saturated carbocycles. The topological polar surface area (TPSA) is 96.0 Å². The molecule has 0 aliphatic carbocycles. The Labute approximate surface area is 168 Å². The largest absolute Gasteiger partial charge is 0.496 e. The molecule has 0 unspecified atom stereocenters. The van der Waals surface area contributed by atoms with Crippen LogP contribution in [0, 0.1) is 6.92 Å². The van der Waals surface area contributed by atoms with E-state index in [-0.39, 0.29) is 6.79 Å². The van der Waals surface area contributed by atoms with Gasteiger partial charge in [0, 0.05) is 10.9 Å². The number of anilines is 1. The number of rotatable bonds is 5. The lowest BCUT2D eigenvalue weighted by Crippen LogP contribution is -2.10. The van der Waals surface area contributed by atoms with Gasteiger partial charge in [0.05, 0.1) is 37.4 Å². The first-order valence-electron chi connectivity index (χ1n) is 8.75. The van der Waals surface area contributed by atoms with Crippen molar-refractivity contribution in [2.45, 2.75) is 6.92 Å². The number of hydrogen-bond acceptors (Lipinski definition) is 7. The zero-order valence-electron chi connectivity index (χ0n) is 16.4. The van der Waals surface area contributed by atoms with Gasteiger partial charge in [-0.2, -0.15) is 0 Å². The van der Waals surface area contributed by atoms with E-state index in [4.69, 9.17) is 23.9 Å². The van der Waals surface area contributed by atoms with Gasteiger partial charge in [0.25, 0.3) is 0 Å². The van der Waals surface area contributed by atoms with Crippen LogP contribution in [0.2, 0.25) is 0 Å². The van der Waals surface area contributed by atoms with Crippen LogP contribution < -0.4 is 23.7 Å². The van der Waals surface area contributed by atoms with Crippen molar-refractivity contribution in [3.63, 3.8) is 0 Å². The monoisotopic (exact) mass is 416 g/mol. The average molecular weight is 416 g/mol. The highest BCUT2D eigenvalue weighted by Gasteiger charge is 2.22. The zero-order chi connectivity index (χ0) is 20.8. The first-order valence-corrected chi connectivity index (χ1v) is 10.6. The van der Waals surface area contributed by atoms with Gasteiger partial charge in [0.1, 0.15) is 5.75 Å². The molecule has 0 spiro atoms. The Kier molecular flexibility index (Phi) is 4.62. The molecular formula is C20H20N2O6S. The first kappa shape index (κ1) is 19.1. The van der Waals surface area contributed by atoms with Crippen molar-refractivity contribution in [2.75, 3.05) is 32.0 Å². The van der Waals surface area contributed by atoms with E-state index in [1.54, 1.807) is 26.4 Å². The molecule has 2 heterocycles. The number of fused-ring (bicyclic) bond motifs is 2. The number of pyridine rings is 1. The Balaban J connectivity index is 1.97. The van der Waals surface area contributed by atoms with E-state index in [1.807, 2.05) is 25.1 Å². The van der Waals surface area contributed by atoms with Gasteiger partial charge >= 0.3 is 0 Å². The van der Waals surface area contributed by atoms with E-state index in [1.165, 1.54) is 0 Å². The summed E-state index contributed by atoms with van der Waals surface area (Å²) >= 11 is 0. The maximum atomic E-state index is 11.8. The number of aryl methyl sites for hydroxylation is 1. The van der Waals surface area contributed by atoms with Crippen molar-refractivity contribution in [1.29, 1.82) is 0 Å². The third kappa shape index (κ3) is 3.49. The number of nitrogens with zero attached hydrogens (tertiary/aromatic N) is 1. The Hall–Kier alpha value is -3.20. The summed E-state index contributed by atoms with van der Waals surface area (Å²) in [6.07, 6.45) is 1.10. The summed E-state index contributed by atoms with van der Waals surface area (Å²) in [5.74, 6) is 2.27. The van der Waals surface area contributed by atoms with Crippen LogP contribution in [-0.2, 0) is 10.0 Å². The SMILES string of the molecule is COc1cc(-c2cc(C)c3c(OC)ccc(NS(C)(=O)=O)c3n2)cc2c1OCO2. The van der Waals surface area contributed by atoms with E-state index >= 15 is 0 Å². The highest BCUT2D eigenvalue weighted by Crippen LogP contribution is 2.44. The van der Waals surface area contributed by atoms with Crippen molar-refractivity contribution in [3.05, 3.63) is 35.9 Å². The molecule has 0 radical (unpaired) electrons. The number of nitrogens with one attached hydrogen (secondary N) is 1. The fourth-order valence-electron chi connectivity index (χ4n) is 3.38. The molecule has 8 nitrogen and oxygen atoms in total. The fourth-order valence-corrected chi connectivity index (χ4v) is 3.94. The molecule has 29 heavy (non-hydrogen) atoms. The summed E-state index contributed by atoms with van der Waals surface area (Å²) in [6, 6.07) is 8.89. The Morgan fingerprint density at radius 3 is 2.52 bits per heavy atom. The lowest BCUT2D eigenvalue weighted by Gasteiger charge is -2.15. The standard InChI is InChI=1S/C20H20N2O6S/c1-11-7-14(12-8-16(26-3)20-17(9-12)27-10-28-20)21-19-13(22-29(4,23)24)5-6-15(25-2)18(11)19/h5-9,22H,10H2,1-4H3. The molecule has 0 atom stereocenters. The molecule has 3 aromatic rings. The van der Waals surface area contributed by atoms with Crippen molar-refractivity contribution in [1.82, 2.24) is 4.98 Å². The molecule has 1 aliphatic heterocycles. The lowest BCUT2D eigenvalue weighted by molar-refractivity contribution is 0.171. The van der Waals surface area contributed by atoms with Crippen LogP contribution in [0.3, 0.4) is 0 Å². The van der Waals surface area contributed by atoms with Crippen molar-refractivity contribution in [3.8, 4) is 34.3 Å². The molecule has 4 rings (SSSR count). The molecule has 0 saturated heterocycles. The molecule has 1 aromatic heterocycles. The number of benzene rings is 2. The summed E-state index contributed by atoms with van der Waals surface area (Å²) < 4.78 is 48.0. The van der Waals surface area contributed by atoms with Gasteiger partial charge < -0.3 is 18.9 Å². The Morgan fingerprint density at radius 2 is 1.83 bits per heavy atom. The predicted octanol–water partition coefficient (Wildman–Crippen LogP) is 3.33. The molecule has 152 valence electrons. The van der Waals surface area contributed by atoms with E-state index in [0.29, 0.717) is 39.9 Å².